The Bertz CT molecular complexity index is 503. The van der Waals surface area contributed by atoms with E-state index in [1.807, 2.05) is 12.1 Å². The summed E-state index contributed by atoms with van der Waals surface area (Å²) in [6.07, 6.45) is 2.90. The molecule has 0 aliphatic heterocycles. The molecule has 0 saturated carbocycles. The summed E-state index contributed by atoms with van der Waals surface area (Å²) in [4.78, 5) is 0. The lowest BCUT2D eigenvalue weighted by Gasteiger charge is -2.21. The van der Waals surface area contributed by atoms with E-state index < -0.39 is 0 Å². The molecule has 0 aliphatic carbocycles. The quantitative estimate of drug-likeness (QED) is 0.758. The molecule has 0 spiro atoms. The summed E-state index contributed by atoms with van der Waals surface area (Å²) in [5, 5.41) is 2.32. The van der Waals surface area contributed by atoms with E-state index in [2.05, 4.69) is 43.4 Å². The van der Waals surface area contributed by atoms with Crippen molar-refractivity contribution in [3.05, 3.63) is 54.0 Å². The van der Waals surface area contributed by atoms with E-state index in [9.17, 15) is 0 Å². The van der Waals surface area contributed by atoms with Crippen molar-refractivity contribution >= 4 is 0 Å². The minimum absolute atomic E-state index is 0.587. The maximum atomic E-state index is 5.35. The smallest absolute Gasteiger partial charge is 0.157 e. The summed E-state index contributed by atoms with van der Waals surface area (Å²) in [6, 6.07) is 12.5. The fourth-order valence-electron chi connectivity index (χ4n) is 2.71. The molecule has 0 fully saturated rings. The van der Waals surface area contributed by atoms with Gasteiger partial charge in [0.05, 0.1) is 19.9 Å². The Morgan fingerprint density at radius 2 is 1.90 bits per heavy atom. The van der Waals surface area contributed by atoms with Crippen LogP contribution >= 0.6 is 0 Å². The molecule has 0 saturated heterocycles. The first-order valence-corrected chi connectivity index (χ1v) is 7.68. The number of benzene rings is 1. The van der Waals surface area contributed by atoms with Gasteiger partial charge < -0.3 is 14.5 Å². The Morgan fingerprint density at radius 3 is 2.48 bits per heavy atom. The molecule has 0 bridgehead atoms. The van der Waals surface area contributed by atoms with Gasteiger partial charge in [0, 0.05) is 6.42 Å². The third kappa shape index (κ3) is 4.64. The van der Waals surface area contributed by atoms with Crippen molar-refractivity contribution in [3.8, 4) is 5.75 Å². The molecule has 0 unspecified atom stereocenters. The van der Waals surface area contributed by atoms with Crippen LogP contribution < -0.4 is 10.1 Å². The minimum atomic E-state index is 0.587. The predicted octanol–water partition coefficient (Wildman–Crippen LogP) is 3.18. The first kappa shape index (κ1) is 15.6. The number of nitrogens with two attached hydrogens (primary N) is 1. The molecule has 114 valence electrons. The lowest BCUT2D eigenvalue weighted by Crippen LogP contribution is -2.82. The van der Waals surface area contributed by atoms with E-state index >= 15 is 0 Å². The number of furan rings is 1. The van der Waals surface area contributed by atoms with E-state index in [-0.39, 0.29) is 0 Å². The number of rotatable bonds is 8. The van der Waals surface area contributed by atoms with Crippen molar-refractivity contribution < 1.29 is 14.5 Å². The molecular formula is C18H26NO2+. The SMILES string of the molecule is COc1ccc([C@@H](CC[NH2+]Cc2ccco2)C(C)C)cc1. The van der Waals surface area contributed by atoms with Gasteiger partial charge in [0.15, 0.2) is 5.76 Å². The molecule has 0 amide bonds. The van der Waals surface area contributed by atoms with E-state index in [1.165, 1.54) is 12.0 Å². The third-order valence-corrected chi connectivity index (χ3v) is 3.96. The van der Waals surface area contributed by atoms with Crippen LogP contribution in [0, 0.1) is 5.92 Å². The second kappa shape index (κ2) is 7.89. The largest absolute Gasteiger partial charge is 0.497 e. The molecule has 1 atom stereocenters. The second-order valence-corrected chi connectivity index (χ2v) is 5.77. The molecule has 3 heteroatoms. The topological polar surface area (TPSA) is 39.0 Å². The Kier molecular flexibility index (Phi) is 5.88. The monoisotopic (exact) mass is 288 g/mol. The van der Waals surface area contributed by atoms with Gasteiger partial charge in [-0.2, -0.15) is 0 Å². The van der Waals surface area contributed by atoms with Gasteiger partial charge >= 0.3 is 0 Å². The van der Waals surface area contributed by atoms with Crippen LogP contribution in [0.4, 0.5) is 0 Å². The van der Waals surface area contributed by atoms with Crippen LogP contribution in [0.25, 0.3) is 0 Å². The van der Waals surface area contributed by atoms with Gasteiger partial charge in [-0.1, -0.05) is 26.0 Å². The number of ether oxygens (including phenoxy) is 1. The Labute approximate surface area is 127 Å². The van der Waals surface area contributed by atoms with Crippen molar-refractivity contribution in [2.24, 2.45) is 5.92 Å². The van der Waals surface area contributed by atoms with Gasteiger partial charge in [0.2, 0.25) is 0 Å². The number of hydrogen-bond acceptors (Lipinski definition) is 2. The van der Waals surface area contributed by atoms with Crippen molar-refractivity contribution in [2.75, 3.05) is 13.7 Å². The van der Waals surface area contributed by atoms with Gasteiger partial charge in [-0.05, 0) is 41.7 Å². The lowest BCUT2D eigenvalue weighted by molar-refractivity contribution is -0.673. The fourth-order valence-corrected chi connectivity index (χ4v) is 2.71. The summed E-state index contributed by atoms with van der Waals surface area (Å²) >= 11 is 0. The molecule has 3 nitrogen and oxygen atoms in total. The van der Waals surface area contributed by atoms with Gasteiger partial charge in [0.25, 0.3) is 0 Å². The molecule has 21 heavy (non-hydrogen) atoms. The van der Waals surface area contributed by atoms with Crippen LogP contribution in [0.2, 0.25) is 0 Å². The summed E-state index contributed by atoms with van der Waals surface area (Å²) in [5.74, 6) is 3.19. The molecule has 2 N–H and O–H groups in total. The highest BCUT2D eigenvalue weighted by atomic mass is 16.5. The zero-order chi connectivity index (χ0) is 15.1. The van der Waals surface area contributed by atoms with Crippen LogP contribution in [0.15, 0.2) is 47.1 Å². The van der Waals surface area contributed by atoms with E-state index in [0.29, 0.717) is 11.8 Å². The standard InChI is InChI=1S/C18H25NO2/c1-14(2)18(15-6-8-16(20-3)9-7-15)10-11-19-13-17-5-4-12-21-17/h4-9,12,14,18-19H,10-11,13H2,1-3H3/p+1/t18-/m0/s1. The summed E-state index contributed by atoms with van der Waals surface area (Å²) < 4.78 is 10.6. The summed E-state index contributed by atoms with van der Waals surface area (Å²) in [6.45, 7) is 6.61. The van der Waals surface area contributed by atoms with Gasteiger partial charge in [-0.25, -0.2) is 0 Å². The molecular weight excluding hydrogens is 262 g/mol. The highest BCUT2D eigenvalue weighted by molar-refractivity contribution is 5.29. The van der Waals surface area contributed by atoms with E-state index in [4.69, 9.17) is 9.15 Å². The Balaban J connectivity index is 1.86. The average molecular weight is 288 g/mol. The lowest BCUT2D eigenvalue weighted by atomic mass is 9.86. The molecule has 0 radical (unpaired) electrons. The average Bonchev–Trinajstić information content (AvgIpc) is 3.00. The first-order valence-electron chi connectivity index (χ1n) is 7.68. The van der Waals surface area contributed by atoms with Crippen LogP contribution in [0.1, 0.15) is 37.5 Å². The van der Waals surface area contributed by atoms with Crippen molar-refractivity contribution in [2.45, 2.75) is 32.7 Å². The summed E-state index contributed by atoms with van der Waals surface area (Å²) in [5.41, 5.74) is 1.40. The predicted molar refractivity (Wildman–Crippen MR) is 84.4 cm³/mol. The number of methoxy groups -OCH3 is 1. The fraction of sp³-hybridized carbons (Fsp3) is 0.444. The number of hydrogen-bond donors (Lipinski definition) is 1. The van der Waals surface area contributed by atoms with Crippen LogP contribution in [0.3, 0.4) is 0 Å². The normalized spacial score (nSPS) is 12.6. The molecule has 2 aromatic rings. The van der Waals surface area contributed by atoms with Gasteiger partial charge in [-0.3, -0.25) is 0 Å². The highest BCUT2D eigenvalue weighted by Crippen LogP contribution is 2.28. The molecule has 1 heterocycles. The van der Waals surface area contributed by atoms with Gasteiger partial charge in [-0.15, -0.1) is 0 Å². The van der Waals surface area contributed by atoms with E-state index in [0.717, 1.165) is 24.6 Å². The van der Waals surface area contributed by atoms with Crippen LogP contribution in [-0.2, 0) is 6.54 Å². The second-order valence-electron chi connectivity index (χ2n) is 5.77. The molecule has 0 aliphatic rings. The zero-order valence-electron chi connectivity index (χ0n) is 13.2. The zero-order valence-corrected chi connectivity index (χ0v) is 13.2. The summed E-state index contributed by atoms with van der Waals surface area (Å²) in [7, 11) is 1.71. The van der Waals surface area contributed by atoms with Crippen LogP contribution in [-0.4, -0.2) is 13.7 Å². The maximum Gasteiger partial charge on any atom is 0.157 e. The van der Waals surface area contributed by atoms with Crippen molar-refractivity contribution in [1.29, 1.82) is 0 Å². The third-order valence-electron chi connectivity index (χ3n) is 3.96. The number of quaternary nitrogens is 1. The molecule has 2 rings (SSSR count). The Morgan fingerprint density at radius 1 is 1.14 bits per heavy atom. The first-order chi connectivity index (χ1) is 10.2. The van der Waals surface area contributed by atoms with Gasteiger partial charge in [0.1, 0.15) is 12.3 Å². The van der Waals surface area contributed by atoms with Crippen LogP contribution in [0.5, 0.6) is 5.75 Å². The molecule has 1 aromatic carbocycles. The highest BCUT2D eigenvalue weighted by Gasteiger charge is 2.16. The molecule has 1 aromatic heterocycles. The van der Waals surface area contributed by atoms with E-state index in [1.54, 1.807) is 13.4 Å². The van der Waals surface area contributed by atoms with Crippen molar-refractivity contribution in [1.82, 2.24) is 0 Å². The minimum Gasteiger partial charge on any atom is -0.497 e. The maximum absolute atomic E-state index is 5.35. The van der Waals surface area contributed by atoms with Crippen molar-refractivity contribution in [3.63, 3.8) is 0 Å². The Hall–Kier alpha value is -1.74.